The molecule has 0 heterocycles. The van der Waals surface area contributed by atoms with Crippen LogP contribution in [0.5, 0.6) is 0 Å². The zero-order chi connectivity index (χ0) is 15.0. The molecule has 1 saturated carbocycles. The Morgan fingerprint density at radius 2 is 1.95 bits per heavy atom. The zero-order valence-electron chi connectivity index (χ0n) is 11.6. The van der Waals surface area contributed by atoms with E-state index in [9.17, 15) is 13.2 Å². The maximum absolute atomic E-state index is 12.2. The lowest BCUT2D eigenvalue weighted by Gasteiger charge is -2.14. The smallest absolute Gasteiger partial charge is 0.315 e. The van der Waals surface area contributed by atoms with Crippen LogP contribution in [-0.2, 0) is 19.4 Å². The van der Waals surface area contributed by atoms with Crippen molar-refractivity contribution in [2.24, 2.45) is 11.1 Å². The Balaban J connectivity index is 2.47. The van der Waals surface area contributed by atoms with Gasteiger partial charge >= 0.3 is 5.97 Å². The van der Waals surface area contributed by atoms with Crippen LogP contribution >= 0.6 is 0 Å². The average Bonchev–Trinajstić information content (AvgIpc) is 3.11. The summed E-state index contributed by atoms with van der Waals surface area (Å²) >= 11 is 0. The minimum absolute atomic E-state index is 0.0386. The van der Waals surface area contributed by atoms with Crippen LogP contribution < -0.4 is 5.73 Å². The van der Waals surface area contributed by atoms with Gasteiger partial charge in [0, 0.05) is 18.7 Å². The molecule has 0 bridgehead atoms. The Hall–Kier alpha value is -1.40. The average molecular weight is 297 g/mol. The number of hydrogen-bond donors (Lipinski definition) is 1. The van der Waals surface area contributed by atoms with E-state index in [1.807, 2.05) is 30.3 Å². The SMILES string of the molecule is CCOC(=O)[C@@]1(CN)[C@H](c2ccccc2)[C@@H]1S(C)(=O)=O. The summed E-state index contributed by atoms with van der Waals surface area (Å²) in [6.45, 7) is 1.86. The largest absolute Gasteiger partial charge is 0.465 e. The van der Waals surface area contributed by atoms with Crippen LogP contribution in [0.3, 0.4) is 0 Å². The second-order valence-corrected chi connectivity index (χ2v) is 7.27. The number of hydrogen-bond acceptors (Lipinski definition) is 5. The van der Waals surface area contributed by atoms with Gasteiger partial charge in [-0.15, -0.1) is 0 Å². The number of nitrogens with two attached hydrogens (primary N) is 1. The van der Waals surface area contributed by atoms with Crippen molar-refractivity contribution < 1.29 is 17.9 Å². The van der Waals surface area contributed by atoms with Gasteiger partial charge in [0.1, 0.15) is 5.41 Å². The molecule has 5 nitrogen and oxygen atoms in total. The number of benzene rings is 1. The molecule has 6 heteroatoms. The molecule has 1 fully saturated rings. The summed E-state index contributed by atoms with van der Waals surface area (Å²) in [5.74, 6) is -0.950. The number of sulfone groups is 1. The quantitative estimate of drug-likeness (QED) is 0.809. The number of esters is 1. The van der Waals surface area contributed by atoms with Crippen molar-refractivity contribution in [1.82, 2.24) is 0 Å². The summed E-state index contributed by atoms with van der Waals surface area (Å²) in [7, 11) is -3.39. The van der Waals surface area contributed by atoms with Gasteiger partial charge < -0.3 is 10.5 Å². The molecule has 3 atom stereocenters. The first kappa shape index (κ1) is 15.0. The molecule has 1 aliphatic carbocycles. The summed E-state index contributed by atoms with van der Waals surface area (Å²) < 4.78 is 29.0. The van der Waals surface area contributed by atoms with E-state index < -0.39 is 32.4 Å². The molecule has 20 heavy (non-hydrogen) atoms. The lowest BCUT2D eigenvalue weighted by Crippen LogP contribution is -2.33. The first-order valence-electron chi connectivity index (χ1n) is 6.50. The van der Waals surface area contributed by atoms with Crippen LogP contribution in [0.2, 0.25) is 0 Å². The van der Waals surface area contributed by atoms with Gasteiger partial charge in [0.05, 0.1) is 11.9 Å². The van der Waals surface area contributed by atoms with Gasteiger partial charge in [0.2, 0.25) is 0 Å². The maximum Gasteiger partial charge on any atom is 0.315 e. The Kier molecular flexibility index (Phi) is 3.88. The topological polar surface area (TPSA) is 86.5 Å². The van der Waals surface area contributed by atoms with Gasteiger partial charge in [-0.2, -0.15) is 0 Å². The van der Waals surface area contributed by atoms with E-state index in [1.165, 1.54) is 0 Å². The monoisotopic (exact) mass is 297 g/mol. The molecule has 2 rings (SSSR count). The molecule has 0 amide bonds. The third kappa shape index (κ3) is 2.23. The highest BCUT2D eigenvalue weighted by molar-refractivity contribution is 7.91. The molecule has 2 N–H and O–H groups in total. The van der Waals surface area contributed by atoms with E-state index in [1.54, 1.807) is 6.92 Å². The molecule has 0 unspecified atom stereocenters. The second kappa shape index (κ2) is 5.18. The van der Waals surface area contributed by atoms with E-state index in [2.05, 4.69) is 0 Å². The highest BCUT2D eigenvalue weighted by atomic mass is 32.2. The fourth-order valence-electron chi connectivity index (χ4n) is 3.00. The van der Waals surface area contributed by atoms with Gasteiger partial charge in [-0.1, -0.05) is 30.3 Å². The van der Waals surface area contributed by atoms with Gasteiger partial charge in [0.25, 0.3) is 0 Å². The highest BCUT2D eigenvalue weighted by Gasteiger charge is 2.74. The first-order chi connectivity index (χ1) is 9.39. The fourth-order valence-corrected chi connectivity index (χ4v) is 4.92. The summed E-state index contributed by atoms with van der Waals surface area (Å²) in [5, 5.41) is -0.804. The van der Waals surface area contributed by atoms with Gasteiger partial charge in [-0.3, -0.25) is 4.79 Å². The minimum Gasteiger partial charge on any atom is -0.465 e. The Bertz CT molecular complexity index is 599. The van der Waals surface area contributed by atoms with E-state index in [0.717, 1.165) is 11.8 Å². The molecule has 0 radical (unpaired) electrons. The molecule has 1 aromatic rings. The van der Waals surface area contributed by atoms with Crippen LogP contribution in [0.25, 0.3) is 0 Å². The van der Waals surface area contributed by atoms with E-state index in [4.69, 9.17) is 10.5 Å². The molecule has 0 spiro atoms. The summed E-state index contributed by atoms with van der Waals surface area (Å²) in [6.07, 6.45) is 1.14. The van der Waals surface area contributed by atoms with Crippen molar-refractivity contribution in [2.75, 3.05) is 19.4 Å². The molecule has 110 valence electrons. The Morgan fingerprint density at radius 1 is 1.35 bits per heavy atom. The van der Waals surface area contributed by atoms with Crippen LogP contribution in [0.1, 0.15) is 18.4 Å². The number of ether oxygens (including phenoxy) is 1. The molecular weight excluding hydrogens is 278 g/mol. The number of carbonyl (C=O) groups is 1. The molecule has 0 saturated heterocycles. The number of rotatable bonds is 5. The Morgan fingerprint density at radius 3 is 2.40 bits per heavy atom. The van der Waals surface area contributed by atoms with Crippen molar-refractivity contribution in [3.05, 3.63) is 35.9 Å². The first-order valence-corrected chi connectivity index (χ1v) is 8.46. The lowest BCUT2D eigenvalue weighted by molar-refractivity contribution is -0.149. The van der Waals surface area contributed by atoms with Crippen molar-refractivity contribution in [1.29, 1.82) is 0 Å². The van der Waals surface area contributed by atoms with Gasteiger partial charge in [-0.25, -0.2) is 8.42 Å². The van der Waals surface area contributed by atoms with Crippen LogP contribution in [0, 0.1) is 5.41 Å². The molecular formula is C14H19NO4S. The zero-order valence-corrected chi connectivity index (χ0v) is 12.4. The van der Waals surface area contributed by atoms with Crippen molar-refractivity contribution in [2.45, 2.75) is 18.1 Å². The van der Waals surface area contributed by atoms with Crippen molar-refractivity contribution in [3.8, 4) is 0 Å². The van der Waals surface area contributed by atoms with Crippen LogP contribution in [-0.4, -0.2) is 39.0 Å². The lowest BCUT2D eigenvalue weighted by atomic mass is 9.99. The molecule has 1 aromatic carbocycles. The summed E-state index contributed by atoms with van der Waals surface area (Å²) in [6, 6.07) is 9.12. The van der Waals surface area contributed by atoms with Crippen molar-refractivity contribution >= 4 is 15.8 Å². The van der Waals surface area contributed by atoms with Crippen LogP contribution in [0.4, 0.5) is 0 Å². The third-order valence-electron chi connectivity index (χ3n) is 3.87. The molecule has 1 aliphatic rings. The highest BCUT2D eigenvalue weighted by Crippen LogP contribution is 2.62. The molecule has 0 aromatic heterocycles. The third-order valence-corrected chi connectivity index (χ3v) is 5.48. The number of carbonyl (C=O) groups excluding carboxylic acids is 1. The van der Waals surface area contributed by atoms with E-state index >= 15 is 0 Å². The van der Waals surface area contributed by atoms with Gasteiger partial charge in [-0.05, 0) is 12.5 Å². The minimum atomic E-state index is -3.39. The Labute approximate surface area is 119 Å². The normalized spacial score (nSPS) is 28.9. The molecule has 0 aliphatic heterocycles. The van der Waals surface area contributed by atoms with E-state index in [0.29, 0.717) is 0 Å². The standard InChI is InChI=1S/C14H19NO4S/c1-3-19-13(16)14(9-15)11(12(14)20(2,17)18)10-7-5-4-6-8-10/h4-8,11-12H,3,9,15H2,1-2H3/t11-,12+,14+/m1/s1. The van der Waals surface area contributed by atoms with E-state index in [-0.39, 0.29) is 13.2 Å². The predicted octanol–water partition coefficient (Wildman–Crippen LogP) is 0.705. The predicted molar refractivity (Wildman–Crippen MR) is 75.9 cm³/mol. The summed E-state index contributed by atoms with van der Waals surface area (Å²) in [4.78, 5) is 12.2. The van der Waals surface area contributed by atoms with Crippen LogP contribution in [0.15, 0.2) is 30.3 Å². The fraction of sp³-hybridized carbons (Fsp3) is 0.500. The van der Waals surface area contributed by atoms with Gasteiger partial charge in [0.15, 0.2) is 9.84 Å². The summed E-state index contributed by atoms with van der Waals surface area (Å²) in [5.41, 5.74) is 5.41. The maximum atomic E-state index is 12.2. The van der Waals surface area contributed by atoms with Crippen molar-refractivity contribution in [3.63, 3.8) is 0 Å². The second-order valence-electron chi connectivity index (χ2n) is 5.10.